The molecule has 0 atom stereocenters. The highest BCUT2D eigenvalue weighted by molar-refractivity contribution is 7.15. The fraction of sp³-hybridized carbons (Fsp3) is 0.316. The number of nitrogens with zero attached hydrogens (tertiary/aromatic N) is 3. The van der Waals surface area contributed by atoms with Crippen LogP contribution in [0.15, 0.2) is 48.7 Å². The van der Waals surface area contributed by atoms with Crippen molar-refractivity contribution in [2.75, 3.05) is 21.1 Å². The Kier molecular flexibility index (Phi) is 5.45. The SMILES string of the molecule is CN(C)Cc1ccc(CN(C)Cc2ccc(-c3ccn[nH]3)s2)cc1. The number of nitrogens with one attached hydrogen (secondary N) is 1. The van der Waals surface area contributed by atoms with Gasteiger partial charge in [-0.1, -0.05) is 24.3 Å². The molecule has 0 aliphatic carbocycles. The molecule has 0 bridgehead atoms. The Bertz CT molecular complexity index is 744. The molecule has 0 saturated heterocycles. The maximum atomic E-state index is 4.02. The van der Waals surface area contributed by atoms with E-state index in [2.05, 4.69) is 77.5 Å². The van der Waals surface area contributed by atoms with Crippen molar-refractivity contribution in [2.24, 2.45) is 0 Å². The summed E-state index contributed by atoms with van der Waals surface area (Å²) in [4.78, 5) is 7.15. The lowest BCUT2D eigenvalue weighted by Crippen LogP contribution is -2.16. The van der Waals surface area contributed by atoms with E-state index < -0.39 is 0 Å². The molecule has 0 fully saturated rings. The fourth-order valence-corrected chi connectivity index (χ4v) is 3.81. The first-order valence-corrected chi connectivity index (χ1v) is 8.91. The molecule has 2 heterocycles. The smallest absolute Gasteiger partial charge is 0.0749 e. The van der Waals surface area contributed by atoms with Crippen molar-refractivity contribution in [3.05, 3.63) is 64.7 Å². The molecule has 0 saturated carbocycles. The minimum absolute atomic E-state index is 0.957. The number of hydrogen-bond acceptors (Lipinski definition) is 4. The van der Waals surface area contributed by atoms with Gasteiger partial charge in [-0.15, -0.1) is 11.3 Å². The van der Waals surface area contributed by atoms with Crippen LogP contribution in [0, 0.1) is 0 Å². The Morgan fingerprint density at radius 1 is 0.875 bits per heavy atom. The normalized spacial score (nSPS) is 11.5. The van der Waals surface area contributed by atoms with Gasteiger partial charge in [-0.05, 0) is 50.5 Å². The van der Waals surface area contributed by atoms with Crippen LogP contribution in [0.5, 0.6) is 0 Å². The molecule has 5 heteroatoms. The van der Waals surface area contributed by atoms with Crippen molar-refractivity contribution in [2.45, 2.75) is 19.6 Å². The second kappa shape index (κ2) is 7.75. The summed E-state index contributed by atoms with van der Waals surface area (Å²) >= 11 is 1.82. The summed E-state index contributed by atoms with van der Waals surface area (Å²) in [7, 11) is 6.36. The molecule has 3 rings (SSSR count). The van der Waals surface area contributed by atoms with Crippen LogP contribution in [-0.4, -0.2) is 41.1 Å². The van der Waals surface area contributed by atoms with Crippen molar-refractivity contribution >= 4 is 11.3 Å². The van der Waals surface area contributed by atoms with Crippen LogP contribution in [0.4, 0.5) is 0 Å². The van der Waals surface area contributed by atoms with Gasteiger partial charge in [-0.2, -0.15) is 5.10 Å². The number of rotatable bonds is 7. The number of aromatic nitrogens is 2. The summed E-state index contributed by atoms with van der Waals surface area (Å²) in [5, 5.41) is 7.04. The predicted octanol–water partition coefficient (Wildman–Crippen LogP) is 3.83. The highest BCUT2D eigenvalue weighted by atomic mass is 32.1. The number of H-pyrrole nitrogens is 1. The molecule has 126 valence electrons. The Balaban J connectivity index is 1.56. The lowest BCUT2D eigenvalue weighted by Gasteiger charge is -2.16. The monoisotopic (exact) mass is 340 g/mol. The maximum Gasteiger partial charge on any atom is 0.0749 e. The Morgan fingerprint density at radius 3 is 2.21 bits per heavy atom. The highest BCUT2D eigenvalue weighted by Gasteiger charge is 2.07. The number of aromatic amines is 1. The lowest BCUT2D eigenvalue weighted by molar-refractivity contribution is 0.322. The standard InChI is InChI=1S/C19H24N4S/c1-22(2)12-15-4-6-16(7-5-15)13-23(3)14-17-8-9-19(24-17)18-10-11-20-21-18/h4-11H,12-14H2,1-3H3,(H,20,21). The predicted molar refractivity (Wildman–Crippen MR) is 101 cm³/mol. The van der Waals surface area contributed by atoms with Gasteiger partial charge in [-0.25, -0.2) is 0 Å². The molecule has 2 aromatic heterocycles. The van der Waals surface area contributed by atoms with Gasteiger partial charge in [0.15, 0.2) is 0 Å². The molecule has 1 aromatic carbocycles. The van der Waals surface area contributed by atoms with Gasteiger partial charge in [0.25, 0.3) is 0 Å². The average Bonchev–Trinajstić information content (AvgIpc) is 3.19. The van der Waals surface area contributed by atoms with E-state index in [9.17, 15) is 0 Å². The number of thiophene rings is 1. The van der Waals surface area contributed by atoms with Crippen LogP contribution in [-0.2, 0) is 19.6 Å². The zero-order valence-electron chi connectivity index (χ0n) is 14.5. The minimum Gasteiger partial charge on any atom is -0.305 e. The van der Waals surface area contributed by atoms with Crippen LogP contribution in [0.3, 0.4) is 0 Å². The van der Waals surface area contributed by atoms with Crippen LogP contribution < -0.4 is 0 Å². The third kappa shape index (κ3) is 4.54. The van der Waals surface area contributed by atoms with E-state index >= 15 is 0 Å². The second-order valence-electron chi connectivity index (χ2n) is 6.46. The molecule has 0 amide bonds. The van der Waals surface area contributed by atoms with Gasteiger partial charge in [0.05, 0.1) is 10.6 Å². The first-order chi connectivity index (χ1) is 11.6. The summed E-state index contributed by atoms with van der Waals surface area (Å²) in [5.74, 6) is 0. The Hall–Kier alpha value is -1.95. The first-order valence-electron chi connectivity index (χ1n) is 8.10. The molecule has 24 heavy (non-hydrogen) atoms. The molecule has 0 radical (unpaired) electrons. The van der Waals surface area contributed by atoms with Gasteiger partial charge in [0.1, 0.15) is 0 Å². The topological polar surface area (TPSA) is 35.2 Å². The largest absolute Gasteiger partial charge is 0.305 e. The van der Waals surface area contributed by atoms with Crippen LogP contribution in [0.25, 0.3) is 10.6 Å². The lowest BCUT2D eigenvalue weighted by atomic mass is 10.1. The van der Waals surface area contributed by atoms with E-state index in [4.69, 9.17) is 0 Å². The minimum atomic E-state index is 0.957. The van der Waals surface area contributed by atoms with Crippen molar-refractivity contribution in [3.63, 3.8) is 0 Å². The summed E-state index contributed by atoms with van der Waals surface area (Å²) in [5.41, 5.74) is 3.80. The molecule has 3 aromatic rings. The van der Waals surface area contributed by atoms with Crippen molar-refractivity contribution in [1.29, 1.82) is 0 Å². The molecular formula is C19H24N4S. The third-order valence-corrected chi connectivity index (χ3v) is 4.93. The maximum absolute atomic E-state index is 4.02. The van der Waals surface area contributed by atoms with E-state index in [1.54, 1.807) is 6.20 Å². The molecule has 0 aliphatic heterocycles. The molecule has 1 N–H and O–H groups in total. The van der Waals surface area contributed by atoms with Crippen LogP contribution in [0.2, 0.25) is 0 Å². The van der Waals surface area contributed by atoms with E-state index in [1.807, 2.05) is 17.4 Å². The van der Waals surface area contributed by atoms with Crippen molar-refractivity contribution in [1.82, 2.24) is 20.0 Å². The summed E-state index contributed by atoms with van der Waals surface area (Å²) in [6.45, 7) is 2.90. The van der Waals surface area contributed by atoms with Gasteiger partial charge in [0.2, 0.25) is 0 Å². The van der Waals surface area contributed by atoms with Gasteiger partial charge < -0.3 is 4.90 Å². The van der Waals surface area contributed by atoms with E-state index in [-0.39, 0.29) is 0 Å². The number of hydrogen-bond donors (Lipinski definition) is 1. The fourth-order valence-electron chi connectivity index (χ4n) is 2.75. The Labute approximate surface area is 147 Å². The average molecular weight is 340 g/mol. The highest BCUT2D eigenvalue weighted by Crippen LogP contribution is 2.27. The van der Waals surface area contributed by atoms with E-state index in [0.29, 0.717) is 0 Å². The molecule has 4 nitrogen and oxygen atoms in total. The van der Waals surface area contributed by atoms with Crippen molar-refractivity contribution < 1.29 is 0 Å². The summed E-state index contributed by atoms with van der Waals surface area (Å²) in [6.07, 6.45) is 1.79. The molecule has 0 spiro atoms. The summed E-state index contributed by atoms with van der Waals surface area (Å²) in [6, 6.07) is 15.3. The summed E-state index contributed by atoms with van der Waals surface area (Å²) < 4.78 is 0. The van der Waals surface area contributed by atoms with Gasteiger partial charge in [0, 0.05) is 30.7 Å². The van der Waals surface area contributed by atoms with Gasteiger partial charge >= 0.3 is 0 Å². The quantitative estimate of drug-likeness (QED) is 0.710. The Morgan fingerprint density at radius 2 is 1.58 bits per heavy atom. The van der Waals surface area contributed by atoms with E-state index in [0.717, 1.165) is 25.3 Å². The van der Waals surface area contributed by atoms with Crippen LogP contribution >= 0.6 is 11.3 Å². The zero-order valence-corrected chi connectivity index (χ0v) is 15.3. The molecular weight excluding hydrogens is 316 g/mol. The third-order valence-electron chi connectivity index (χ3n) is 3.83. The second-order valence-corrected chi connectivity index (χ2v) is 7.63. The van der Waals surface area contributed by atoms with E-state index in [1.165, 1.54) is 20.9 Å². The van der Waals surface area contributed by atoms with Gasteiger partial charge in [-0.3, -0.25) is 10.00 Å². The zero-order chi connectivity index (χ0) is 16.9. The molecule has 0 unspecified atom stereocenters. The van der Waals surface area contributed by atoms with Crippen LogP contribution in [0.1, 0.15) is 16.0 Å². The molecule has 0 aliphatic rings. The van der Waals surface area contributed by atoms with Crippen molar-refractivity contribution in [3.8, 4) is 10.6 Å². The first kappa shape index (κ1) is 16.9. The number of benzene rings is 1.